The molecular weight excluding hydrogens is 312 g/mol. The molecule has 0 spiro atoms. The maximum Gasteiger partial charge on any atom is 0.223 e. The molecule has 1 amide bonds. The number of aliphatic hydroxyl groups is 1. The number of amides is 1. The van der Waals surface area contributed by atoms with Crippen LogP contribution in [0.2, 0.25) is 0 Å². The molecule has 128 valence electrons. The number of nitriles is 1. The molecule has 4 heteroatoms. The van der Waals surface area contributed by atoms with Gasteiger partial charge in [-0.1, -0.05) is 61.0 Å². The molecule has 2 aromatic rings. The van der Waals surface area contributed by atoms with Crippen molar-refractivity contribution < 1.29 is 9.90 Å². The number of rotatable bonds is 4. The minimum atomic E-state index is -0.532. The lowest BCUT2D eigenvalue weighted by molar-refractivity contribution is -0.146. The van der Waals surface area contributed by atoms with E-state index in [4.69, 9.17) is 0 Å². The average Bonchev–Trinajstić information content (AvgIpc) is 2.62. The Balaban J connectivity index is 2.05. The van der Waals surface area contributed by atoms with Crippen LogP contribution in [0, 0.1) is 18.3 Å². The Bertz CT molecular complexity index is 825. The van der Waals surface area contributed by atoms with Gasteiger partial charge < -0.3 is 10.0 Å². The summed E-state index contributed by atoms with van der Waals surface area (Å²) in [5.74, 6) is -0.267. The molecule has 3 atom stereocenters. The van der Waals surface area contributed by atoms with E-state index >= 15 is 0 Å². The Hall–Kier alpha value is -2.64. The van der Waals surface area contributed by atoms with Gasteiger partial charge in [0.1, 0.15) is 6.04 Å². The van der Waals surface area contributed by atoms with E-state index in [-0.39, 0.29) is 24.5 Å². The molecule has 4 nitrogen and oxygen atoms in total. The van der Waals surface area contributed by atoms with Crippen LogP contribution in [0.5, 0.6) is 0 Å². The SMILES string of the molecule is CCC(=O)N1[C@@H](C#N)[C@@H](c2ccccc2-c2cccc(C)c2)[C@@H]1CO. The van der Waals surface area contributed by atoms with Crippen molar-refractivity contribution in [3.63, 3.8) is 0 Å². The van der Waals surface area contributed by atoms with Crippen molar-refractivity contribution in [3.05, 3.63) is 59.7 Å². The van der Waals surface area contributed by atoms with E-state index in [0.717, 1.165) is 16.7 Å². The van der Waals surface area contributed by atoms with E-state index in [1.54, 1.807) is 6.92 Å². The molecule has 0 unspecified atom stereocenters. The van der Waals surface area contributed by atoms with Crippen LogP contribution < -0.4 is 0 Å². The first-order valence-electron chi connectivity index (χ1n) is 8.60. The number of hydrogen-bond donors (Lipinski definition) is 1. The normalized spacial score (nSPS) is 22.2. The van der Waals surface area contributed by atoms with E-state index < -0.39 is 6.04 Å². The summed E-state index contributed by atoms with van der Waals surface area (Å²) in [6, 6.07) is 17.6. The molecule has 0 saturated carbocycles. The van der Waals surface area contributed by atoms with Crippen molar-refractivity contribution in [1.82, 2.24) is 4.90 Å². The summed E-state index contributed by atoms with van der Waals surface area (Å²) in [7, 11) is 0. The van der Waals surface area contributed by atoms with Gasteiger partial charge >= 0.3 is 0 Å². The molecule has 3 rings (SSSR count). The first-order valence-corrected chi connectivity index (χ1v) is 8.60. The summed E-state index contributed by atoms with van der Waals surface area (Å²) in [6.45, 7) is 3.68. The Kier molecular flexibility index (Phi) is 4.87. The van der Waals surface area contributed by atoms with Gasteiger partial charge in [-0.05, 0) is 23.6 Å². The summed E-state index contributed by atoms with van der Waals surface area (Å²) in [4.78, 5) is 13.7. The highest BCUT2D eigenvalue weighted by atomic mass is 16.3. The van der Waals surface area contributed by atoms with Gasteiger partial charge in [-0.25, -0.2) is 0 Å². The average molecular weight is 334 g/mol. The Morgan fingerprint density at radius 3 is 2.64 bits per heavy atom. The molecule has 2 aromatic carbocycles. The van der Waals surface area contributed by atoms with Crippen molar-refractivity contribution in [2.75, 3.05) is 6.61 Å². The molecule has 1 aliphatic heterocycles. The van der Waals surface area contributed by atoms with Crippen LogP contribution in [-0.2, 0) is 4.79 Å². The highest BCUT2D eigenvalue weighted by molar-refractivity contribution is 5.80. The van der Waals surface area contributed by atoms with Gasteiger partial charge in [-0.15, -0.1) is 0 Å². The zero-order valence-electron chi connectivity index (χ0n) is 14.5. The van der Waals surface area contributed by atoms with Gasteiger partial charge in [0.2, 0.25) is 5.91 Å². The highest BCUT2D eigenvalue weighted by Gasteiger charge is 2.51. The maximum absolute atomic E-state index is 12.2. The van der Waals surface area contributed by atoms with Crippen LogP contribution in [0.3, 0.4) is 0 Å². The van der Waals surface area contributed by atoms with Gasteiger partial charge in [-0.2, -0.15) is 5.26 Å². The molecule has 1 heterocycles. The molecule has 1 fully saturated rings. The summed E-state index contributed by atoms with van der Waals surface area (Å²) in [6.07, 6.45) is 0.334. The second kappa shape index (κ2) is 7.08. The number of benzene rings is 2. The molecule has 0 aromatic heterocycles. The summed E-state index contributed by atoms with van der Waals surface area (Å²) < 4.78 is 0. The lowest BCUT2D eigenvalue weighted by Gasteiger charge is -2.52. The van der Waals surface area contributed by atoms with Gasteiger partial charge in [-0.3, -0.25) is 4.79 Å². The summed E-state index contributed by atoms with van der Waals surface area (Å²) >= 11 is 0. The second-order valence-corrected chi connectivity index (χ2v) is 6.46. The predicted octanol–water partition coefficient (Wildman–Crippen LogP) is 3.25. The van der Waals surface area contributed by atoms with Crippen LogP contribution >= 0.6 is 0 Å². The molecular formula is C21H22N2O2. The fraction of sp³-hybridized carbons (Fsp3) is 0.333. The monoisotopic (exact) mass is 334 g/mol. The fourth-order valence-corrected chi connectivity index (χ4v) is 3.77. The van der Waals surface area contributed by atoms with Gasteiger partial charge in [0.25, 0.3) is 0 Å². The Labute approximate surface area is 148 Å². The third kappa shape index (κ3) is 2.92. The number of carbonyl (C=O) groups excluding carboxylic acids is 1. The number of aliphatic hydroxyl groups excluding tert-OH is 1. The third-order valence-electron chi connectivity index (χ3n) is 4.97. The van der Waals surface area contributed by atoms with Gasteiger partial charge in [0.05, 0.1) is 18.7 Å². The first-order chi connectivity index (χ1) is 12.1. The number of aryl methyl sites for hydroxylation is 1. The van der Waals surface area contributed by atoms with Crippen molar-refractivity contribution in [2.45, 2.75) is 38.3 Å². The van der Waals surface area contributed by atoms with Crippen molar-refractivity contribution >= 4 is 5.91 Å². The number of carbonyl (C=O) groups is 1. The summed E-state index contributed by atoms with van der Waals surface area (Å²) in [5, 5.41) is 19.5. The molecule has 0 bridgehead atoms. The third-order valence-corrected chi connectivity index (χ3v) is 4.97. The predicted molar refractivity (Wildman–Crippen MR) is 96.8 cm³/mol. The van der Waals surface area contributed by atoms with Crippen molar-refractivity contribution in [1.29, 1.82) is 5.26 Å². The van der Waals surface area contributed by atoms with E-state index in [0.29, 0.717) is 6.42 Å². The van der Waals surface area contributed by atoms with E-state index in [2.05, 4.69) is 18.2 Å². The minimum Gasteiger partial charge on any atom is -0.394 e. The largest absolute Gasteiger partial charge is 0.394 e. The lowest BCUT2D eigenvalue weighted by Crippen LogP contribution is -2.65. The molecule has 0 aliphatic carbocycles. The van der Waals surface area contributed by atoms with Crippen LogP contribution in [0.1, 0.15) is 30.4 Å². The van der Waals surface area contributed by atoms with E-state index in [1.165, 1.54) is 10.5 Å². The van der Waals surface area contributed by atoms with E-state index in [1.807, 2.05) is 43.3 Å². The first kappa shape index (κ1) is 17.2. The zero-order valence-corrected chi connectivity index (χ0v) is 14.5. The molecule has 1 aliphatic rings. The smallest absolute Gasteiger partial charge is 0.223 e. The van der Waals surface area contributed by atoms with Crippen LogP contribution in [0.15, 0.2) is 48.5 Å². The van der Waals surface area contributed by atoms with Gasteiger partial charge in [0.15, 0.2) is 0 Å². The quantitative estimate of drug-likeness (QED) is 0.933. The van der Waals surface area contributed by atoms with Crippen molar-refractivity contribution in [2.24, 2.45) is 0 Å². The minimum absolute atomic E-state index is 0.0881. The number of nitrogens with zero attached hydrogens (tertiary/aromatic N) is 2. The van der Waals surface area contributed by atoms with Crippen LogP contribution in [-0.4, -0.2) is 34.6 Å². The van der Waals surface area contributed by atoms with Crippen molar-refractivity contribution in [3.8, 4) is 17.2 Å². The second-order valence-electron chi connectivity index (χ2n) is 6.46. The number of hydrogen-bond acceptors (Lipinski definition) is 3. The molecule has 1 saturated heterocycles. The van der Waals surface area contributed by atoms with Crippen LogP contribution in [0.4, 0.5) is 0 Å². The Morgan fingerprint density at radius 1 is 1.24 bits per heavy atom. The molecule has 1 N–H and O–H groups in total. The topological polar surface area (TPSA) is 64.3 Å². The number of likely N-dealkylation sites (tertiary alicyclic amines) is 1. The van der Waals surface area contributed by atoms with Crippen LogP contribution in [0.25, 0.3) is 11.1 Å². The molecule has 25 heavy (non-hydrogen) atoms. The van der Waals surface area contributed by atoms with E-state index in [9.17, 15) is 15.2 Å². The molecule has 0 radical (unpaired) electrons. The Morgan fingerprint density at radius 2 is 2.00 bits per heavy atom. The highest BCUT2D eigenvalue weighted by Crippen LogP contribution is 2.44. The zero-order chi connectivity index (χ0) is 18.0. The lowest BCUT2D eigenvalue weighted by atomic mass is 9.73. The fourth-order valence-electron chi connectivity index (χ4n) is 3.77. The standard InChI is InChI=1S/C21H22N2O2/c1-3-20(25)23-18(12-22)21(19(23)13-24)17-10-5-4-9-16(17)15-8-6-7-14(2)11-15/h4-11,18-19,21,24H,3,13H2,1-2H3/t18-,19-,21+/m0/s1. The summed E-state index contributed by atoms with van der Waals surface area (Å²) in [5.41, 5.74) is 4.32. The maximum atomic E-state index is 12.2. The van der Waals surface area contributed by atoms with Gasteiger partial charge in [0, 0.05) is 12.3 Å².